The van der Waals surface area contributed by atoms with E-state index in [4.69, 9.17) is 34.8 Å². The summed E-state index contributed by atoms with van der Waals surface area (Å²) in [5, 5.41) is 1.12. The Morgan fingerprint density at radius 3 is 2.33 bits per heavy atom. The molecule has 1 atom stereocenters. The monoisotopic (exact) mass is 425 g/mol. The summed E-state index contributed by atoms with van der Waals surface area (Å²) in [5.41, 5.74) is 5.57. The summed E-state index contributed by atoms with van der Waals surface area (Å²) in [6.45, 7) is 0.217. The normalized spacial score (nSPS) is 16.3. The average molecular weight is 427 g/mol. The lowest BCUT2D eigenvalue weighted by molar-refractivity contribution is -0.126. The maximum Gasteiger partial charge on any atom is 0.269 e. The zero-order valence-corrected chi connectivity index (χ0v) is 16.1. The molecule has 140 valence electrons. The molecule has 1 heterocycles. The van der Waals surface area contributed by atoms with Gasteiger partial charge >= 0.3 is 0 Å². The van der Waals surface area contributed by atoms with Crippen molar-refractivity contribution in [2.45, 2.75) is 6.42 Å². The van der Waals surface area contributed by atoms with E-state index in [1.54, 1.807) is 24.3 Å². The molecule has 3 rings (SSSR count). The van der Waals surface area contributed by atoms with Crippen LogP contribution in [0.25, 0.3) is 0 Å². The van der Waals surface area contributed by atoms with E-state index in [0.717, 1.165) is 0 Å². The molecule has 2 aromatic carbocycles. The van der Waals surface area contributed by atoms with Crippen LogP contribution in [0.5, 0.6) is 0 Å². The van der Waals surface area contributed by atoms with E-state index < -0.39 is 17.7 Å². The van der Waals surface area contributed by atoms with E-state index in [1.165, 1.54) is 23.1 Å². The van der Waals surface area contributed by atoms with Gasteiger partial charge in [0.25, 0.3) is 5.91 Å². The van der Waals surface area contributed by atoms with Crippen LogP contribution < -0.4 is 15.8 Å². The third kappa shape index (κ3) is 4.53. The predicted octanol–water partition coefficient (Wildman–Crippen LogP) is 3.46. The van der Waals surface area contributed by atoms with E-state index >= 15 is 0 Å². The molecular weight excluding hydrogens is 413 g/mol. The summed E-state index contributed by atoms with van der Waals surface area (Å²) in [6, 6.07) is 11.1. The fourth-order valence-electron chi connectivity index (χ4n) is 2.68. The first-order valence-corrected chi connectivity index (χ1v) is 9.09. The summed E-state index contributed by atoms with van der Waals surface area (Å²) in [4.78, 5) is 38.1. The van der Waals surface area contributed by atoms with Crippen LogP contribution in [0, 0.1) is 5.92 Å². The molecule has 6 nitrogen and oxygen atoms in total. The Morgan fingerprint density at radius 1 is 0.963 bits per heavy atom. The van der Waals surface area contributed by atoms with Crippen molar-refractivity contribution in [1.29, 1.82) is 0 Å². The molecule has 0 radical (unpaired) electrons. The van der Waals surface area contributed by atoms with E-state index in [1.807, 2.05) is 0 Å². The summed E-state index contributed by atoms with van der Waals surface area (Å²) in [7, 11) is 0. The second kappa shape index (κ2) is 8.17. The van der Waals surface area contributed by atoms with Crippen LogP contribution in [-0.4, -0.2) is 24.3 Å². The van der Waals surface area contributed by atoms with E-state index in [-0.39, 0.29) is 29.5 Å². The summed E-state index contributed by atoms with van der Waals surface area (Å²) >= 11 is 17.5. The van der Waals surface area contributed by atoms with Gasteiger partial charge in [0.15, 0.2) is 0 Å². The van der Waals surface area contributed by atoms with Crippen molar-refractivity contribution in [3.8, 4) is 0 Å². The lowest BCUT2D eigenvalue weighted by Gasteiger charge is -2.17. The molecule has 3 amide bonds. The first kappa shape index (κ1) is 19.5. The smallest absolute Gasteiger partial charge is 0.269 e. The highest BCUT2D eigenvalue weighted by molar-refractivity contribution is 6.42. The number of amides is 3. The lowest BCUT2D eigenvalue weighted by atomic mass is 10.1. The van der Waals surface area contributed by atoms with Gasteiger partial charge in [0.05, 0.1) is 16.0 Å². The maximum absolute atomic E-state index is 12.3. The van der Waals surface area contributed by atoms with Crippen molar-refractivity contribution >= 4 is 58.2 Å². The topological polar surface area (TPSA) is 78.5 Å². The minimum Gasteiger partial charge on any atom is -0.312 e. The molecule has 27 heavy (non-hydrogen) atoms. The van der Waals surface area contributed by atoms with Crippen LogP contribution in [0.3, 0.4) is 0 Å². The van der Waals surface area contributed by atoms with Gasteiger partial charge < -0.3 is 4.90 Å². The van der Waals surface area contributed by atoms with Crippen molar-refractivity contribution in [3.63, 3.8) is 0 Å². The van der Waals surface area contributed by atoms with Gasteiger partial charge in [0.1, 0.15) is 0 Å². The maximum atomic E-state index is 12.3. The Labute approximate surface area is 170 Å². The predicted molar refractivity (Wildman–Crippen MR) is 104 cm³/mol. The fraction of sp³-hybridized carbons (Fsp3) is 0.167. The first-order valence-electron chi connectivity index (χ1n) is 7.96. The number of hydrazine groups is 1. The lowest BCUT2D eigenvalue weighted by Crippen LogP contribution is -2.45. The number of hydrogen-bond acceptors (Lipinski definition) is 3. The molecule has 0 aromatic heterocycles. The number of carbonyl (C=O) groups is 3. The highest BCUT2D eigenvalue weighted by atomic mass is 35.5. The van der Waals surface area contributed by atoms with Crippen LogP contribution in [0.15, 0.2) is 42.5 Å². The molecule has 1 saturated heterocycles. The highest BCUT2D eigenvalue weighted by Crippen LogP contribution is 2.26. The van der Waals surface area contributed by atoms with Gasteiger partial charge in [-0.15, -0.1) is 0 Å². The zero-order chi connectivity index (χ0) is 19.6. The van der Waals surface area contributed by atoms with Crippen molar-refractivity contribution in [1.82, 2.24) is 10.9 Å². The Morgan fingerprint density at radius 2 is 1.67 bits per heavy atom. The Bertz CT molecular complexity index is 902. The summed E-state index contributed by atoms with van der Waals surface area (Å²) in [6.07, 6.45) is 0.0527. The summed E-state index contributed by atoms with van der Waals surface area (Å²) < 4.78 is 0. The molecule has 0 bridgehead atoms. The minimum absolute atomic E-state index is 0.0527. The zero-order valence-electron chi connectivity index (χ0n) is 13.8. The molecule has 0 saturated carbocycles. The number of benzene rings is 2. The van der Waals surface area contributed by atoms with Crippen LogP contribution in [0.4, 0.5) is 5.69 Å². The number of hydrogen-bond donors (Lipinski definition) is 2. The summed E-state index contributed by atoms with van der Waals surface area (Å²) in [5.74, 6) is -1.75. The van der Waals surface area contributed by atoms with E-state index in [0.29, 0.717) is 15.7 Å². The van der Waals surface area contributed by atoms with Crippen molar-refractivity contribution < 1.29 is 14.4 Å². The fourth-order valence-corrected chi connectivity index (χ4v) is 3.11. The third-order valence-corrected chi connectivity index (χ3v) is 5.11. The van der Waals surface area contributed by atoms with Crippen LogP contribution in [0.1, 0.15) is 16.8 Å². The molecule has 0 unspecified atom stereocenters. The highest BCUT2D eigenvalue weighted by Gasteiger charge is 2.35. The second-order valence-electron chi connectivity index (χ2n) is 5.95. The first-order chi connectivity index (χ1) is 12.8. The van der Waals surface area contributed by atoms with Crippen LogP contribution in [0.2, 0.25) is 15.1 Å². The molecule has 0 aliphatic carbocycles. The SMILES string of the molecule is O=C(NNC(=O)[C@@H]1CC(=O)N(c2ccc(Cl)cc2)C1)c1ccc(Cl)c(Cl)c1. The Kier molecular flexibility index (Phi) is 5.89. The number of carbonyl (C=O) groups excluding carboxylic acids is 3. The van der Waals surface area contributed by atoms with Gasteiger partial charge in [-0.1, -0.05) is 34.8 Å². The number of anilines is 1. The van der Waals surface area contributed by atoms with Gasteiger partial charge in [-0.25, -0.2) is 0 Å². The Balaban J connectivity index is 1.58. The van der Waals surface area contributed by atoms with Crippen LogP contribution >= 0.6 is 34.8 Å². The van der Waals surface area contributed by atoms with Crippen LogP contribution in [-0.2, 0) is 9.59 Å². The molecule has 0 spiro atoms. The standard InChI is InChI=1S/C18H14Cl3N3O3/c19-12-2-4-13(5-3-12)24-9-11(8-16(24)25)18(27)23-22-17(26)10-1-6-14(20)15(21)7-10/h1-7,11H,8-9H2,(H,22,26)(H,23,27)/t11-/m1/s1. The largest absolute Gasteiger partial charge is 0.312 e. The number of nitrogens with zero attached hydrogens (tertiary/aromatic N) is 1. The molecule has 9 heteroatoms. The number of rotatable bonds is 3. The minimum atomic E-state index is -0.581. The number of nitrogens with one attached hydrogen (secondary N) is 2. The van der Waals surface area contributed by atoms with Crippen molar-refractivity contribution in [3.05, 3.63) is 63.1 Å². The molecule has 1 aliphatic heterocycles. The molecule has 2 N–H and O–H groups in total. The third-order valence-electron chi connectivity index (χ3n) is 4.12. The second-order valence-corrected chi connectivity index (χ2v) is 7.20. The number of halogens is 3. The van der Waals surface area contributed by atoms with Gasteiger partial charge in [-0.3, -0.25) is 25.2 Å². The molecule has 1 fully saturated rings. The van der Waals surface area contributed by atoms with E-state index in [9.17, 15) is 14.4 Å². The van der Waals surface area contributed by atoms with Crippen molar-refractivity contribution in [2.75, 3.05) is 11.4 Å². The van der Waals surface area contributed by atoms with Gasteiger partial charge in [0, 0.05) is 29.2 Å². The van der Waals surface area contributed by atoms with Crippen molar-refractivity contribution in [2.24, 2.45) is 5.92 Å². The average Bonchev–Trinajstić information content (AvgIpc) is 3.04. The van der Waals surface area contributed by atoms with E-state index in [2.05, 4.69) is 10.9 Å². The molecular formula is C18H14Cl3N3O3. The molecule has 1 aliphatic rings. The van der Waals surface area contributed by atoms with Gasteiger partial charge in [0.2, 0.25) is 11.8 Å². The quantitative estimate of drug-likeness (QED) is 0.738. The van der Waals surface area contributed by atoms with Gasteiger partial charge in [-0.2, -0.15) is 0 Å². The van der Waals surface area contributed by atoms with Gasteiger partial charge in [-0.05, 0) is 42.5 Å². The Hall–Kier alpha value is -2.28. The molecule has 2 aromatic rings.